The maximum atomic E-state index is 8.70. The molecule has 1 aliphatic carbocycles. The molecular formula is C13H20ClNOS2. The third kappa shape index (κ3) is 4.14. The highest BCUT2D eigenvalue weighted by Gasteiger charge is 2.21. The number of halogens is 1. The molecule has 0 amide bonds. The maximum Gasteiger partial charge on any atom is 0.0934 e. The van der Waals surface area contributed by atoms with Crippen LogP contribution in [0.3, 0.4) is 0 Å². The number of hydrogen-bond acceptors (Lipinski definition) is 4. The van der Waals surface area contributed by atoms with Gasteiger partial charge in [-0.05, 0) is 43.1 Å². The number of aryl methyl sites for hydroxylation is 1. The first-order valence-electron chi connectivity index (χ1n) is 6.51. The van der Waals surface area contributed by atoms with Gasteiger partial charge in [-0.1, -0.05) is 11.6 Å². The molecule has 5 heteroatoms. The second kappa shape index (κ2) is 7.75. The van der Waals surface area contributed by atoms with Crippen molar-refractivity contribution in [3.8, 4) is 0 Å². The largest absolute Gasteiger partial charge is 0.396 e. The van der Waals surface area contributed by atoms with Gasteiger partial charge in [0.15, 0.2) is 0 Å². The van der Waals surface area contributed by atoms with Crippen LogP contribution >= 0.6 is 34.7 Å². The van der Waals surface area contributed by atoms with E-state index < -0.39 is 0 Å². The Morgan fingerprint density at radius 3 is 3.22 bits per heavy atom. The van der Waals surface area contributed by atoms with Crippen molar-refractivity contribution in [3.63, 3.8) is 0 Å². The summed E-state index contributed by atoms with van der Waals surface area (Å²) >= 11 is 9.74. The highest BCUT2D eigenvalue weighted by atomic mass is 35.5. The Hall–Kier alpha value is 0.260. The lowest BCUT2D eigenvalue weighted by Crippen LogP contribution is -2.26. The average molecular weight is 306 g/mol. The summed E-state index contributed by atoms with van der Waals surface area (Å²) in [6.45, 7) is 1.34. The molecule has 0 spiro atoms. The number of aliphatic hydroxyl groups excluding tert-OH is 1. The molecule has 0 fully saturated rings. The molecule has 0 aliphatic heterocycles. The topological polar surface area (TPSA) is 32.3 Å². The van der Waals surface area contributed by atoms with Crippen LogP contribution in [-0.4, -0.2) is 29.8 Å². The molecule has 0 saturated carbocycles. The summed E-state index contributed by atoms with van der Waals surface area (Å²) in [4.78, 5) is 1.47. The van der Waals surface area contributed by atoms with E-state index in [0.29, 0.717) is 12.6 Å². The molecule has 102 valence electrons. The quantitative estimate of drug-likeness (QED) is 0.756. The summed E-state index contributed by atoms with van der Waals surface area (Å²) in [5.41, 5.74) is 1.43. The Labute approximate surface area is 122 Å². The molecule has 2 N–H and O–H groups in total. The molecule has 2 nitrogen and oxygen atoms in total. The van der Waals surface area contributed by atoms with Crippen LogP contribution < -0.4 is 5.32 Å². The minimum absolute atomic E-state index is 0.305. The predicted octanol–water partition coefficient (Wildman–Crippen LogP) is 3.48. The number of rotatable bonds is 7. The maximum absolute atomic E-state index is 8.70. The van der Waals surface area contributed by atoms with E-state index >= 15 is 0 Å². The van der Waals surface area contributed by atoms with Gasteiger partial charge in [-0.2, -0.15) is 11.8 Å². The van der Waals surface area contributed by atoms with Crippen LogP contribution in [0.25, 0.3) is 0 Å². The van der Waals surface area contributed by atoms with E-state index in [1.807, 2.05) is 11.8 Å². The monoisotopic (exact) mass is 305 g/mol. The molecule has 1 atom stereocenters. The first-order valence-corrected chi connectivity index (χ1v) is 8.86. The van der Waals surface area contributed by atoms with Gasteiger partial charge < -0.3 is 10.4 Å². The van der Waals surface area contributed by atoms with Crippen molar-refractivity contribution in [2.75, 3.05) is 24.7 Å². The van der Waals surface area contributed by atoms with Gasteiger partial charge in [0, 0.05) is 29.8 Å². The van der Waals surface area contributed by atoms with Crippen LogP contribution in [0.1, 0.15) is 35.7 Å². The lowest BCUT2D eigenvalue weighted by atomic mass is 9.94. The molecular weight excluding hydrogens is 286 g/mol. The SMILES string of the molecule is OCCCSCCNC1CCCc2sc(Cl)cc21. The Balaban J connectivity index is 1.74. The molecule has 18 heavy (non-hydrogen) atoms. The highest BCUT2D eigenvalue weighted by Crippen LogP contribution is 2.37. The summed E-state index contributed by atoms with van der Waals surface area (Å²) in [6.07, 6.45) is 4.58. The fourth-order valence-electron chi connectivity index (χ4n) is 2.31. The van der Waals surface area contributed by atoms with Crippen molar-refractivity contribution < 1.29 is 5.11 Å². The van der Waals surface area contributed by atoms with Gasteiger partial charge in [0.1, 0.15) is 0 Å². The molecule has 1 aromatic heterocycles. The van der Waals surface area contributed by atoms with E-state index in [4.69, 9.17) is 16.7 Å². The van der Waals surface area contributed by atoms with Crippen molar-refractivity contribution in [3.05, 3.63) is 20.8 Å². The zero-order valence-electron chi connectivity index (χ0n) is 10.5. The zero-order valence-corrected chi connectivity index (χ0v) is 12.8. The molecule has 1 aliphatic rings. The molecule has 0 saturated heterocycles. The van der Waals surface area contributed by atoms with Gasteiger partial charge in [0.05, 0.1) is 4.34 Å². The lowest BCUT2D eigenvalue weighted by molar-refractivity contribution is 0.296. The van der Waals surface area contributed by atoms with Crippen molar-refractivity contribution >= 4 is 34.7 Å². The number of thiophene rings is 1. The van der Waals surface area contributed by atoms with Crippen LogP contribution in [0.5, 0.6) is 0 Å². The number of hydrogen-bond donors (Lipinski definition) is 2. The second-order valence-electron chi connectivity index (χ2n) is 4.52. The minimum atomic E-state index is 0.305. The fraction of sp³-hybridized carbons (Fsp3) is 0.692. The molecule has 1 heterocycles. The normalized spacial score (nSPS) is 18.9. The first-order chi connectivity index (χ1) is 8.81. The van der Waals surface area contributed by atoms with Crippen LogP contribution in [0, 0.1) is 0 Å². The number of nitrogens with one attached hydrogen (secondary N) is 1. The minimum Gasteiger partial charge on any atom is -0.396 e. The van der Waals surface area contributed by atoms with Gasteiger partial charge in [-0.25, -0.2) is 0 Å². The van der Waals surface area contributed by atoms with Gasteiger partial charge in [0.25, 0.3) is 0 Å². The van der Waals surface area contributed by atoms with Crippen LogP contribution in [0.2, 0.25) is 4.34 Å². The van der Waals surface area contributed by atoms with E-state index in [9.17, 15) is 0 Å². The van der Waals surface area contributed by atoms with Gasteiger partial charge >= 0.3 is 0 Å². The summed E-state index contributed by atoms with van der Waals surface area (Å²) in [5, 5.41) is 12.3. The lowest BCUT2D eigenvalue weighted by Gasteiger charge is -2.23. The smallest absolute Gasteiger partial charge is 0.0934 e. The Morgan fingerprint density at radius 2 is 2.39 bits per heavy atom. The summed E-state index contributed by atoms with van der Waals surface area (Å²) in [7, 11) is 0. The van der Waals surface area contributed by atoms with Gasteiger partial charge in [-0.15, -0.1) is 11.3 Å². The highest BCUT2D eigenvalue weighted by molar-refractivity contribution is 7.99. The molecule has 0 bridgehead atoms. The van der Waals surface area contributed by atoms with E-state index in [0.717, 1.165) is 28.8 Å². The van der Waals surface area contributed by atoms with Crippen molar-refractivity contribution in [2.45, 2.75) is 31.7 Å². The molecule has 2 rings (SSSR count). The van der Waals surface area contributed by atoms with Crippen molar-refractivity contribution in [1.82, 2.24) is 5.32 Å². The zero-order chi connectivity index (χ0) is 12.8. The molecule has 0 aromatic carbocycles. The van der Waals surface area contributed by atoms with Crippen LogP contribution in [-0.2, 0) is 6.42 Å². The summed E-state index contributed by atoms with van der Waals surface area (Å²) in [6, 6.07) is 2.63. The average Bonchev–Trinajstić information content (AvgIpc) is 2.74. The van der Waals surface area contributed by atoms with Crippen molar-refractivity contribution in [1.29, 1.82) is 0 Å². The third-order valence-electron chi connectivity index (χ3n) is 3.17. The predicted molar refractivity (Wildman–Crippen MR) is 82.0 cm³/mol. The molecule has 1 aromatic rings. The Morgan fingerprint density at radius 1 is 1.50 bits per heavy atom. The van der Waals surface area contributed by atoms with E-state index in [1.165, 1.54) is 29.7 Å². The van der Waals surface area contributed by atoms with E-state index in [-0.39, 0.29) is 0 Å². The third-order valence-corrected chi connectivity index (χ3v) is 5.58. The van der Waals surface area contributed by atoms with Crippen LogP contribution in [0.15, 0.2) is 6.07 Å². The van der Waals surface area contributed by atoms with Gasteiger partial charge in [-0.3, -0.25) is 0 Å². The second-order valence-corrected chi connectivity index (χ2v) is 7.51. The van der Waals surface area contributed by atoms with E-state index in [1.54, 1.807) is 11.3 Å². The first kappa shape index (κ1) is 14.7. The van der Waals surface area contributed by atoms with Crippen molar-refractivity contribution in [2.24, 2.45) is 0 Å². The number of fused-ring (bicyclic) bond motifs is 1. The fourth-order valence-corrected chi connectivity index (χ4v) is 4.49. The Kier molecular flexibility index (Phi) is 6.32. The summed E-state index contributed by atoms with van der Waals surface area (Å²) < 4.78 is 0.922. The number of thioether (sulfide) groups is 1. The van der Waals surface area contributed by atoms with Crippen LogP contribution in [0.4, 0.5) is 0 Å². The Bertz CT molecular complexity index is 370. The standard InChI is InChI=1S/C13H20ClNOS2/c14-13-9-10-11(3-1-4-12(10)18-13)15-5-8-17-7-2-6-16/h9,11,15-16H,1-8H2. The number of aliphatic hydroxyl groups is 1. The molecule has 1 unspecified atom stereocenters. The van der Waals surface area contributed by atoms with Gasteiger partial charge in [0.2, 0.25) is 0 Å². The van der Waals surface area contributed by atoms with E-state index in [2.05, 4.69) is 11.4 Å². The summed E-state index contributed by atoms with van der Waals surface area (Å²) in [5.74, 6) is 2.17. The molecule has 0 radical (unpaired) electrons.